The summed E-state index contributed by atoms with van der Waals surface area (Å²) in [6.07, 6.45) is 4.62. The Hall–Kier alpha value is -1.62. The number of anilines is 1. The standard InChI is InChI=1S/C13H12BrN3O/c14-9-4-2-5-10(15)12(9)18-13-8-3-1-6-11(8)16-7-17-13/h2,4-5,7H,1,3,6,15H2. The lowest BCUT2D eigenvalue weighted by Gasteiger charge is -2.11. The molecule has 5 heteroatoms. The summed E-state index contributed by atoms with van der Waals surface area (Å²) in [5, 5.41) is 0. The van der Waals surface area contributed by atoms with Gasteiger partial charge in [-0.05, 0) is 47.3 Å². The fourth-order valence-corrected chi connectivity index (χ4v) is 2.61. The third-order valence-electron chi connectivity index (χ3n) is 3.03. The van der Waals surface area contributed by atoms with E-state index in [2.05, 4.69) is 25.9 Å². The average Bonchev–Trinajstić information content (AvgIpc) is 2.83. The van der Waals surface area contributed by atoms with Crippen molar-refractivity contribution < 1.29 is 4.74 Å². The summed E-state index contributed by atoms with van der Waals surface area (Å²) in [6, 6.07) is 5.57. The molecule has 0 bridgehead atoms. The van der Waals surface area contributed by atoms with Gasteiger partial charge in [-0.2, -0.15) is 0 Å². The molecule has 2 aromatic rings. The molecule has 0 radical (unpaired) electrons. The summed E-state index contributed by atoms with van der Waals surface area (Å²) < 4.78 is 6.69. The van der Waals surface area contributed by atoms with E-state index in [1.54, 1.807) is 6.33 Å². The molecule has 1 aromatic carbocycles. The maximum atomic E-state index is 5.92. The number of hydrogen-bond acceptors (Lipinski definition) is 4. The number of benzene rings is 1. The Kier molecular flexibility index (Phi) is 2.91. The molecule has 0 saturated carbocycles. The van der Waals surface area contributed by atoms with Crippen molar-refractivity contribution in [3.8, 4) is 11.6 Å². The van der Waals surface area contributed by atoms with Gasteiger partial charge in [0.25, 0.3) is 0 Å². The maximum absolute atomic E-state index is 5.92. The van der Waals surface area contributed by atoms with Crippen LogP contribution in [-0.2, 0) is 12.8 Å². The smallest absolute Gasteiger partial charge is 0.225 e. The van der Waals surface area contributed by atoms with E-state index in [0.29, 0.717) is 17.3 Å². The SMILES string of the molecule is Nc1cccc(Br)c1Oc1ncnc2c1CCC2. The van der Waals surface area contributed by atoms with Gasteiger partial charge in [0.1, 0.15) is 6.33 Å². The second-order valence-corrected chi connectivity index (χ2v) is 5.07. The minimum Gasteiger partial charge on any atom is -0.435 e. The highest BCUT2D eigenvalue weighted by atomic mass is 79.9. The number of ether oxygens (including phenoxy) is 1. The zero-order valence-electron chi connectivity index (χ0n) is 9.69. The fourth-order valence-electron chi connectivity index (χ4n) is 2.15. The largest absolute Gasteiger partial charge is 0.435 e. The normalized spacial score (nSPS) is 13.4. The van der Waals surface area contributed by atoms with Crippen molar-refractivity contribution in [3.05, 3.63) is 40.3 Å². The second kappa shape index (κ2) is 4.57. The third kappa shape index (κ3) is 1.95. The van der Waals surface area contributed by atoms with Crippen LogP contribution in [0.25, 0.3) is 0 Å². The van der Waals surface area contributed by atoms with Crippen molar-refractivity contribution in [1.82, 2.24) is 9.97 Å². The molecule has 4 nitrogen and oxygen atoms in total. The van der Waals surface area contributed by atoms with Gasteiger partial charge in [-0.15, -0.1) is 0 Å². The van der Waals surface area contributed by atoms with Gasteiger partial charge in [0.05, 0.1) is 15.9 Å². The Morgan fingerprint density at radius 2 is 2.11 bits per heavy atom. The molecule has 0 fully saturated rings. The van der Waals surface area contributed by atoms with Crippen LogP contribution in [0.2, 0.25) is 0 Å². The van der Waals surface area contributed by atoms with Crippen LogP contribution in [0.1, 0.15) is 17.7 Å². The molecule has 1 heterocycles. The van der Waals surface area contributed by atoms with Crippen LogP contribution in [0.3, 0.4) is 0 Å². The maximum Gasteiger partial charge on any atom is 0.225 e. The number of aromatic nitrogens is 2. The van der Waals surface area contributed by atoms with Crippen molar-refractivity contribution >= 4 is 21.6 Å². The van der Waals surface area contributed by atoms with Gasteiger partial charge in [0.15, 0.2) is 5.75 Å². The van der Waals surface area contributed by atoms with Crippen LogP contribution in [0.5, 0.6) is 11.6 Å². The molecule has 3 rings (SSSR count). The number of hydrogen-bond donors (Lipinski definition) is 1. The summed E-state index contributed by atoms with van der Waals surface area (Å²) in [6.45, 7) is 0. The number of nitrogens with two attached hydrogens (primary N) is 1. The minimum absolute atomic E-state index is 0.592. The lowest BCUT2D eigenvalue weighted by Crippen LogP contribution is -1.99. The zero-order chi connectivity index (χ0) is 12.5. The summed E-state index contributed by atoms with van der Waals surface area (Å²) in [7, 11) is 0. The molecule has 0 aliphatic heterocycles. The molecule has 2 N–H and O–H groups in total. The Morgan fingerprint density at radius 3 is 2.94 bits per heavy atom. The van der Waals surface area contributed by atoms with Crippen LogP contribution < -0.4 is 10.5 Å². The van der Waals surface area contributed by atoms with Gasteiger partial charge >= 0.3 is 0 Å². The molecule has 18 heavy (non-hydrogen) atoms. The first-order valence-electron chi connectivity index (χ1n) is 5.80. The highest BCUT2D eigenvalue weighted by molar-refractivity contribution is 9.10. The lowest BCUT2D eigenvalue weighted by atomic mass is 10.2. The molecule has 1 aliphatic carbocycles. The summed E-state index contributed by atoms with van der Waals surface area (Å²) in [4.78, 5) is 8.49. The van der Waals surface area contributed by atoms with Crippen LogP contribution in [0.4, 0.5) is 5.69 Å². The average molecular weight is 306 g/mol. The molecule has 92 valence electrons. The first kappa shape index (κ1) is 11.5. The fraction of sp³-hybridized carbons (Fsp3) is 0.231. The second-order valence-electron chi connectivity index (χ2n) is 4.22. The molecular weight excluding hydrogens is 294 g/mol. The minimum atomic E-state index is 0.592. The quantitative estimate of drug-likeness (QED) is 0.866. The predicted octanol–water partition coefficient (Wildman–Crippen LogP) is 3.10. The summed E-state index contributed by atoms with van der Waals surface area (Å²) in [5.74, 6) is 1.24. The van der Waals surface area contributed by atoms with E-state index in [1.807, 2.05) is 18.2 Å². The van der Waals surface area contributed by atoms with Gasteiger partial charge in [-0.1, -0.05) is 6.07 Å². The Morgan fingerprint density at radius 1 is 1.22 bits per heavy atom. The van der Waals surface area contributed by atoms with Gasteiger partial charge in [-0.3, -0.25) is 0 Å². The molecule has 0 unspecified atom stereocenters. The van der Waals surface area contributed by atoms with Crippen molar-refractivity contribution in [1.29, 1.82) is 0 Å². The van der Waals surface area contributed by atoms with Gasteiger partial charge in [0.2, 0.25) is 5.88 Å². The van der Waals surface area contributed by atoms with E-state index in [0.717, 1.165) is 35.0 Å². The topological polar surface area (TPSA) is 61.0 Å². The van der Waals surface area contributed by atoms with Crippen molar-refractivity contribution in [3.63, 3.8) is 0 Å². The van der Waals surface area contributed by atoms with Crippen LogP contribution in [0, 0.1) is 0 Å². The molecular formula is C13H12BrN3O. The zero-order valence-corrected chi connectivity index (χ0v) is 11.3. The number of para-hydroxylation sites is 1. The molecule has 0 saturated heterocycles. The first-order valence-corrected chi connectivity index (χ1v) is 6.59. The molecule has 0 spiro atoms. The Labute approximate surface area is 113 Å². The first-order chi connectivity index (χ1) is 8.75. The number of halogens is 1. The van der Waals surface area contributed by atoms with E-state index in [-0.39, 0.29) is 0 Å². The lowest BCUT2D eigenvalue weighted by molar-refractivity contribution is 0.455. The highest BCUT2D eigenvalue weighted by Crippen LogP contribution is 2.37. The molecule has 0 atom stereocenters. The van der Waals surface area contributed by atoms with E-state index in [9.17, 15) is 0 Å². The number of rotatable bonds is 2. The van der Waals surface area contributed by atoms with E-state index < -0.39 is 0 Å². The van der Waals surface area contributed by atoms with Crippen LogP contribution >= 0.6 is 15.9 Å². The number of nitrogens with zero attached hydrogens (tertiary/aromatic N) is 2. The number of aryl methyl sites for hydroxylation is 1. The van der Waals surface area contributed by atoms with Gasteiger partial charge in [0, 0.05) is 5.56 Å². The van der Waals surface area contributed by atoms with Crippen molar-refractivity contribution in [2.24, 2.45) is 0 Å². The predicted molar refractivity (Wildman–Crippen MR) is 72.7 cm³/mol. The molecule has 0 amide bonds. The molecule has 1 aliphatic rings. The monoisotopic (exact) mass is 305 g/mol. The Bertz CT molecular complexity index is 581. The highest BCUT2D eigenvalue weighted by Gasteiger charge is 2.19. The number of nitrogen functional groups attached to an aromatic ring is 1. The van der Waals surface area contributed by atoms with E-state index in [4.69, 9.17) is 10.5 Å². The number of fused-ring (bicyclic) bond motifs is 1. The van der Waals surface area contributed by atoms with Crippen LogP contribution in [0.15, 0.2) is 29.0 Å². The van der Waals surface area contributed by atoms with E-state index in [1.165, 1.54) is 0 Å². The summed E-state index contributed by atoms with van der Waals surface area (Å²) in [5.41, 5.74) is 8.70. The van der Waals surface area contributed by atoms with E-state index >= 15 is 0 Å². The van der Waals surface area contributed by atoms with Crippen LogP contribution in [-0.4, -0.2) is 9.97 Å². The summed E-state index contributed by atoms with van der Waals surface area (Å²) >= 11 is 3.44. The molecule has 1 aromatic heterocycles. The Balaban J connectivity index is 2.01. The van der Waals surface area contributed by atoms with Gasteiger partial charge < -0.3 is 10.5 Å². The van der Waals surface area contributed by atoms with Crippen molar-refractivity contribution in [2.45, 2.75) is 19.3 Å². The third-order valence-corrected chi connectivity index (χ3v) is 3.66. The van der Waals surface area contributed by atoms with Crippen molar-refractivity contribution in [2.75, 3.05) is 5.73 Å². The van der Waals surface area contributed by atoms with Gasteiger partial charge in [-0.25, -0.2) is 9.97 Å².